The molecule has 3 heteroatoms. The molecular formula is C46H29N3. The zero-order valence-electron chi connectivity index (χ0n) is 26.6. The number of nitrogens with zero attached hydrogens (tertiary/aromatic N) is 3. The number of benzene rings is 8. The van der Waals surface area contributed by atoms with Crippen molar-refractivity contribution in [3.63, 3.8) is 0 Å². The van der Waals surface area contributed by atoms with Crippen LogP contribution in [0.3, 0.4) is 0 Å². The van der Waals surface area contributed by atoms with Crippen molar-refractivity contribution in [1.29, 1.82) is 0 Å². The highest BCUT2D eigenvalue weighted by Crippen LogP contribution is 2.41. The third-order valence-corrected chi connectivity index (χ3v) is 9.76. The molecule has 0 aliphatic rings. The van der Waals surface area contributed by atoms with Crippen molar-refractivity contribution in [2.24, 2.45) is 0 Å². The molecule has 0 amide bonds. The quantitative estimate of drug-likeness (QED) is 0.195. The minimum atomic E-state index is 0.865. The summed E-state index contributed by atoms with van der Waals surface area (Å²) in [4.78, 5) is 10.5. The second kappa shape index (κ2) is 11.0. The van der Waals surface area contributed by atoms with Gasteiger partial charge >= 0.3 is 0 Å². The topological polar surface area (TPSA) is 30.7 Å². The van der Waals surface area contributed by atoms with Crippen LogP contribution in [-0.4, -0.2) is 14.5 Å². The van der Waals surface area contributed by atoms with E-state index in [-0.39, 0.29) is 0 Å². The van der Waals surface area contributed by atoms with Crippen molar-refractivity contribution in [1.82, 2.24) is 14.5 Å². The first-order valence-electron chi connectivity index (χ1n) is 16.7. The van der Waals surface area contributed by atoms with Crippen LogP contribution in [0.25, 0.3) is 93.7 Å². The molecule has 0 bridgehead atoms. The van der Waals surface area contributed by atoms with Gasteiger partial charge in [0.25, 0.3) is 0 Å². The second-order valence-electron chi connectivity index (χ2n) is 12.6. The molecule has 0 saturated carbocycles. The predicted molar refractivity (Wildman–Crippen MR) is 205 cm³/mol. The third-order valence-electron chi connectivity index (χ3n) is 9.76. The molecule has 8 aromatic carbocycles. The Labute approximate surface area is 283 Å². The van der Waals surface area contributed by atoms with Gasteiger partial charge in [0.05, 0.1) is 33.5 Å². The fourth-order valence-corrected chi connectivity index (χ4v) is 7.47. The SMILES string of the molecule is c1ccc(-c2ccc(-c3nc4ccccc4nc3-c3cccc(-n4c5ccc6ccccc6c5c5c6ccccc6ccc54)c3)cc2)cc1. The molecule has 0 unspecified atom stereocenters. The molecule has 10 aromatic rings. The summed E-state index contributed by atoms with van der Waals surface area (Å²) < 4.78 is 2.41. The standard InChI is InChI=1S/C46H29N3/c1-2-11-30(12-3-1)31-21-23-34(24-22-31)45-46(48-40-20-9-8-19-39(40)47-45)35-15-10-16-36(29-35)49-41-27-25-32-13-4-6-17-37(32)43(41)44-38-18-7-5-14-33(38)26-28-42(44)49/h1-29H. The van der Waals surface area contributed by atoms with Crippen LogP contribution in [0.5, 0.6) is 0 Å². The Kier molecular flexibility index (Phi) is 6.18. The summed E-state index contributed by atoms with van der Waals surface area (Å²) in [7, 11) is 0. The number of rotatable bonds is 4. The summed E-state index contributed by atoms with van der Waals surface area (Å²) in [5.41, 5.74) is 11.4. The minimum Gasteiger partial charge on any atom is -0.309 e. The largest absolute Gasteiger partial charge is 0.309 e. The van der Waals surface area contributed by atoms with Crippen molar-refractivity contribution in [3.05, 3.63) is 176 Å². The second-order valence-corrected chi connectivity index (χ2v) is 12.6. The van der Waals surface area contributed by atoms with Crippen LogP contribution in [0.1, 0.15) is 0 Å². The molecule has 3 nitrogen and oxygen atoms in total. The van der Waals surface area contributed by atoms with Crippen molar-refractivity contribution in [2.75, 3.05) is 0 Å². The van der Waals surface area contributed by atoms with Crippen LogP contribution in [0.2, 0.25) is 0 Å². The van der Waals surface area contributed by atoms with Gasteiger partial charge in [0.1, 0.15) is 0 Å². The van der Waals surface area contributed by atoms with Gasteiger partial charge in [-0.15, -0.1) is 0 Å². The lowest BCUT2D eigenvalue weighted by Crippen LogP contribution is -1.98. The van der Waals surface area contributed by atoms with Gasteiger partial charge in [0.15, 0.2) is 0 Å². The maximum Gasteiger partial charge on any atom is 0.0973 e. The number of para-hydroxylation sites is 2. The summed E-state index contributed by atoms with van der Waals surface area (Å²) in [5.74, 6) is 0. The average molecular weight is 624 g/mol. The predicted octanol–water partition coefficient (Wildman–Crippen LogP) is 12.0. The molecule has 228 valence electrons. The van der Waals surface area contributed by atoms with Gasteiger partial charge in [-0.3, -0.25) is 0 Å². The Morgan fingerprint density at radius 1 is 0.347 bits per heavy atom. The number of fused-ring (bicyclic) bond motifs is 8. The van der Waals surface area contributed by atoms with E-state index in [0.29, 0.717) is 0 Å². The molecule has 0 aliphatic heterocycles. The van der Waals surface area contributed by atoms with Crippen LogP contribution in [0.4, 0.5) is 0 Å². The summed E-state index contributed by atoms with van der Waals surface area (Å²) >= 11 is 0. The van der Waals surface area contributed by atoms with Crippen LogP contribution < -0.4 is 0 Å². The van der Waals surface area contributed by atoms with Crippen LogP contribution in [0.15, 0.2) is 176 Å². The molecule has 0 spiro atoms. The van der Waals surface area contributed by atoms with Gasteiger partial charge < -0.3 is 4.57 Å². The van der Waals surface area contributed by atoms with E-state index in [4.69, 9.17) is 9.97 Å². The molecule has 49 heavy (non-hydrogen) atoms. The molecule has 0 atom stereocenters. The fourth-order valence-electron chi connectivity index (χ4n) is 7.47. The van der Waals surface area contributed by atoms with E-state index in [1.807, 2.05) is 30.3 Å². The average Bonchev–Trinajstić information content (AvgIpc) is 3.53. The van der Waals surface area contributed by atoms with Crippen LogP contribution in [-0.2, 0) is 0 Å². The van der Waals surface area contributed by atoms with E-state index in [9.17, 15) is 0 Å². The lowest BCUT2D eigenvalue weighted by atomic mass is 9.99. The Morgan fingerprint density at radius 2 is 0.837 bits per heavy atom. The zero-order chi connectivity index (χ0) is 32.3. The number of hydrogen-bond acceptors (Lipinski definition) is 2. The molecule has 0 radical (unpaired) electrons. The highest BCUT2D eigenvalue weighted by atomic mass is 15.0. The first kappa shape index (κ1) is 27.5. The minimum absolute atomic E-state index is 0.865. The molecule has 2 heterocycles. The molecule has 0 fully saturated rings. The Morgan fingerprint density at radius 3 is 1.47 bits per heavy atom. The van der Waals surface area contributed by atoms with Gasteiger partial charge in [0.2, 0.25) is 0 Å². The Hall–Kier alpha value is -6.58. The van der Waals surface area contributed by atoms with E-state index in [1.54, 1.807) is 0 Å². The molecule has 10 rings (SSSR count). The lowest BCUT2D eigenvalue weighted by molar-refractivity contribution is 1.18. The van der Waals surface area contributed by atoms with E-state index in [1.165, 1.54) is 54.5 Å². The van der Waals surface area contributed by atoms with E-state index >= 15 is 0 Å². The summed E-state index contributed by atoms with van der Waals surface area (Å²) in [6.45, 7) is 0. The fraction of sp³-hybridized carbons (Fsp3) is 0. The maximum absolute atomic E-state index is 5.26. The van der Waals surface area contributed by atoms with Gasteiger partial charge in [-0.2, -0.15) is 0 Å². The molecule has 0 saturated heterocycles. The normalized spacial score (nSPS) is 11.7. The summed E-state index contributed by atoms with van der Waals surface area (Å²) in [6, 6.07) is 62.5. The Bertz CT molecular complexity index is 2770. The third kappa shape index (κ3) is 4.44. The molecule has 2 aromatic heterocycles. The summed E-state index contributed by atoms with van der Waals surface area (Å²) in [6.07, 6.45) is 0. The van der Waals surface area contributed by atoms with Crippen LogP contribution in [0, 0.1) is 0 Å². The van der Waals surface area contributed by atoms with Gasteiger partial charge in [0, 0.05) is 27.6 Å². The highest BCUT2D eigenvalue weighted by Gasteiger charge is 2.19. The van der Waals surface area contributed by atoms with Crippen molar-refractivity contribution >= 4 is 54.4 Å². The molecular weight excluding hydrogens is 595 g/mol. The zero-order valence-corrected chi connectivity index (χ0v) is 26.6. The van der Waals surface area contributed by atoms with Crippen LogP contribution >= 0.6 is 0 Å². The molecule has 0 N–H and O–H groups in total. The van der Waals surface area contributed by atoms with Gasteiger partial charge in [-0.05, 0) is 69.1 Å². The molecule has 0 aliphatic carbocycles. The van der Waals surface area contributed by atoms with E-state index < -0.39 is 0 Å². The van der Waals surface area contributed by atoms with Gasteiger partial charge in [-0.25, -0.2) is 9.97 Å². The van der Waals surface area contributed by atoms with Gasteiger partial charge in [-0.1, -0.05) is 140 Å². The highest BCUT2D eigenvalue weighted by molar-refractivity contribution is 6.28. The lowest BCUT2D eigenvalue weighted by Gasteiger charge is -2.14. The monoisotopic (exact) mass is 623 g/mol. The summed E-state index contributed by atoms with van der Waals surface area (Å²) in [5, 5.41) is 7.56. The Balaban J connectivity index is 1.21. The van der Waals surface area contributed by atoms with E-state index in [2.05, 4.69) is 150 Å². The number of aromatic nitrogens is 3. The smallest absolute Gasteiger partial charge is 0.0973 e. The van der Waals surface area contributed by atoms with Crippen molar-refractivity contribution in [2.45, 2.75) is 0 Å². The van der Waals surface area contributed by atoms with Crippen molar-refractivity contribution < 1.29 is 0 Å². The first-order valence-corrected chi connectivity index (χ1v) is 16.7. The van der Waals surface area contributed by atoms with E-state index in [0.717, 1.165) is 39.2 Å². The maximum atomic E-state index is 5.26. The number of hydrogen-bond donors (Lipinski definition) is 0. The first-order chi connectivity index (χ1) is 24.3. The van der Waals surface area contributed by atoms with Crippen molar-refractivity contribution in [3.8, 4) is 39.3 Å².